The number of hydrogen-bond acceptors (Lipinski definition) is 14. The van der Waals surface area contributed by atoms with Gasteiger partial charge in [0.2, 0.25) is 11.5 Å². The van der Waals surface area contributed by atoms with Crippen LogP contribution in [0.4, 0.5) is 0 Å². The van der Waals surface area contributed by atoms with Crippen LogP contribution in [0.15, 0.2) is 170 Å². The Hall–Kier alpha value is -9.84. The summed E-state index contributed by atoms with van der Waals surface area (Å²) in [5.41, 5.74) is 7.06. The number of H-pyrrole nitrogens is 2. The van der Waals surface area contributed by atoms with Crippen molar-refractivity contribution in [2.24, 2.45) is 0 Å². The summed E-state index contributed by atoms with van der Waals surface area (Å²) in [5, 5.41) is 44.7. The van der Waals surface area contributed by atoms with Crippen LogP contribution in [-0.2, 0) is 0 Å². The van der Waals surface area contributed by atoms with Crippen LogP contribution >= 0.6 is 0 Å². The monoisotopic (exact) mass is 1060 g/mol. The summed E-state index contributed by atoms with van der Waals surface area (Å²) in [7, 11) is 0. The fourth-order valence-corrected chi connectivity index (χ4v) is 9.90. The second-order valence-electron chi connectivity index (χ2n) is 19.7. The van der Waals surface area contributed by atoms with E-state index in [1.807, 2.05) is 72.8 Å². The molecule has 13 rings (SSSR count). The maximum Gasteiger partial charge on any atom is 0.217 e. The third-order valence-corrected chi connectivity index (χ3v) is 14.1. The van der Waals surface area contributed by atoms with E-state index in [1.54, 1.807) is 125 Å². The number of nitrogens with zero attached hydrogens (tertiary/aromatic N) is 6. The average Bonchev–Trinajstić information content (AvgIpc) is 4.39. The van der Waals surface area contributed by atoms with Gasteiger partial charge in [0, 0.05) is 33.0 Å². The first kappa shape index (κ1) is 49.7. The zero-order chi connectivity index (χ0) is 54.8. The zero-order valence-electron chi connectivity index (χ0n) is 43.6. The van der Waals surface area contributed by atoms with E-state index in [1.165, 1.54) is 0 Å². The molecule has 16 heteroatoms. The molecule has 16 nitrogen and oxygen atoms in total. The third-order valence-electron chi connectivity index (χ3n) is 14.1. The van der Waals surface area contributed by atoms with E-state index in [-0.39, 0.29) is 34.3 Å². The zero-order valence-corrected chi connectivity index (χ0v) is 43.6. The van der Waals surface area contributed by atoms with E-state index in [4.69, 9.17) is 48.9 Å². The van der Waals surface area contributed by atoms with Crippen molar-refractivity contribution in [2.45, 2.75) is 52.1 Å². The molecule has 8 aromatic carbocycles. The molecule has 0 aliphatic carbocycles. The van der Waals surface area contributed by atoms with Crippen molar-refractivity contribution in [2.75, 3.05) is 0 Å². The number of benzene rings is 8. The topological polar surface area (TPSA) is 227 Å². The van der Waals surface area contributed by atoms with E-state index < -0.39 is 24.4 Å². The first-order valence-corrected chi connectivity index (χ1v) is 26.1. The van der Waals surface area contributed by atoms with Gasteiger partial charge in [-0.2, -0.15) is 0 Å². The summed E-state index contributed by atoms with van der Waals surface area (Å²) < 4.78 is 28.5. The van der Waals surface area contributed by atoms with Gasteiger partial charge in [-0.1, -0.05) is 121 Å². The lowest BCUT2D eigenvalue weighted by Crippen LogP contribution is -2.00. The van der Waals surface area contributed by atoms with Crippen LogP contribution in [0.1, 0.15) is 74.4 Å². The van der Waals surface area contributed by atoms with Gasteiger partial charge in [-0.05, 0) is 98.5 Å². The standard InChI is InChI=1S/C64H50N8O8/c1-33(73)37-17-25-41(26-18-37)77-53-51-52(54(78-42-27-19-38(20-28-42)34(2)74)56(80-44-31-23-40(24-32-44)36(4)76)55(53)79-43-29-21-39(22-30-43)35(3)75)64-71-62-50-16-10-8-14-48(50)60(69-62)67-58-46-12-6-5-11-45(46)57(65-58)66-59-47-13-7-9-15-49(47)61(68-59)70-63(51)72-64/h5-36,73-76H,1-4H3,(H2,65,66,67,68,69,70,71,72). The van der Waals surface area contributed by atoms with Crippen LogP contribution in [0.25, 0.3) is 89.7 Å². The minimum absolute atomic E-state index is 0.0353. The Labute approximate surface area is 457 Å². The minimum Gasteiger partial charge on any atom is -0.452 e. The van der Waals surface area contributed by atoms with Crippen LogP contribution in [0.3, 0.4) is 0 Å². The largest absolute Gasteiger partial charge is 0.452 e. The first-order valence-electron chi connectivity index (χ1n) is 26.1. The average molecular weight is 1060 g/mol. The SMILES string of the molecule is CC(O)c1ccc(Oc2c(Oc3ccc(C(C)O)cc3)c(Oc3ccc(C(C)O)cc3)c3c4nc5nc(nc6[nH]c(nc7nc(nc([nH]4)c3c2Oc2ccc(C(C)O)cc2)-c2ccccc2-7)c2ccccc62)-c2ccccc2-5)cc1. The fraction of sp³-hybridized carbons (Fsp3) is 0.125. The molecule has 0 radical (unpaired) electrons. The van der Waals surface area contributed by atoms with Gasteiger partial charge in [-0.3, -0.25) is 0 Å². The van der Waals surface area contributed by atoms with Crippen molar-refractivity contribution in [3.05, 3.63) is 192 Å². The van der Waals surface area contributed by atoms with E-state index in [0.717, 1.165) is 21.9 Å². The Morgan fingerprint density at radius 3 is 0.838 bits per heavy atom. The summed E-state index contributed by atoms with van der Waals surface area (Å²) in [5.74, 6) is 3.13. The predicted molar refractivity (Wildman–Crippen MR) is 305 cm³/mol. The van der Waals surface area contributed by atoms with Crippen LogP contribution in [0.2, 0.25) is 0 Å². The number of aromatic amines is 2. The first-order chi connectivity index (χ1) is 38.9. The van der Waals surface area contributed by atoms with Crippen LogP contribution in [-0.4, -0.2) is 60.3 Å². The molecule has 6 N–H and O–H groups in total. The Morgan fingerprint density at radius 1 is 0.300 bits per heavy atom. The van der Waals surface area contributed by atoms with Crippen molar-refractivity contribution in [1.29, 1.82) is 0 Å². The smallest absolute Gasteiger partial charge is 0.217 e. The van der Waals surface area contributed by atoms with Crippen LogP contribution in [0.5, 0.6) is 46.0 Å². The summed E-state index contributed by atoms with van der Waals surface area (Å²) in [6.07, 6.45) is -3.04. The number of aliphatic hydroxyl groups excluding tert-OH is 4. The van der Waals surface area contributed by atoms with E-state index in [9.17, 15) is 20.4 Å². The number of fused-ring (bicyclic) bond motifs is 20. The highest BCUT2D eigenvalue weighted by atomic mass is 16.6. The van der Waals surface area contributed by atoms with Gasteiger partial charge in [0.1, 0.15) is 45.6 Å². The van der Waals surface area contributed by atoms with Crippen LogP contribution in [0, 0.1) is 0 Å². The molecule has 3 aromatic heterocycles. The number of aromatic nitrogens is 8. The number of rotatable bonds is 12. The molecular formula is C64H50N8O8. The predicted octanol–water partition coefficient (Wildman–Crippen LogP) is 14.3. The molecule has 5 heterocycles. The van der Waals surface area contributed by atoms with Crippen molar-refractivity contribution in [3.8, 4) is 91.5 Å². The van der Waals surface area contributed by atoms with E-state index >= 15 is 0 Å². The Kier molecular flexibility index (Phi) is 12.5. The molecule has 2 aliphatic rings. The van der Waals surface area contributed by atoms with Gasteiger partial charge >= 0.3 is 0 Å². The normalized spacial score (nSPS) is 13.3. The van der Waals surface area contributed by atoms with E-state index in [2.05, 4.69) is 9.97 Å². The third kappa shape index (κ3) is 9.16. The van der Waals surface area contributed by atoms with Gasteiger partial charge in [0.05, 0.1) is 35.2 Å². The quantitative estimate of drug-likeness (QED) is 0.0669. The summed E-state index contributed by atoms with van der Waals surface area (Å²) in [4.78, 5) is 38.6. The Morgan fingerprint density at radius 2 is 0.550 bits per heavy atom. The van der Waals surface area contributed by atoms with Gasteiger partial charge in [0.15, 0.2) is 34.8 Å². The van der Waals surface area contributed by atoms with Gasteiger partial charge in [0.25, 0.3) is 0 Å². The fourth-order valence-electron chi connectivity index (χ4n) is 9.90. The number of nitrogens with one attached hydrogen (secondary N) is 2. The molecule has 8 bridgehead atoms. The van der Waals surface area contributed by atoms with E-state index in [0.29, 0.717) is 102 Å². The summed E-state index contributed by atoms with van der Waals surface area (Å²) >= 11 is 0. The second kappa shape index (κ2) is 20.2. The maximum atomic E-state index is 10.6. The molecule has 0 fully saturated rings. The molecule has 4 unspecified atom stereocenters. The molecule has 0 spiro atoms. The minimum atomic E-state index is -0.759. The summed E-state index contributed by atoms with van der Waals surface area (Å²) in [6.45, 7) is 6.73. The molecule has 4 atom stereocenters. The molecular weight excluding hydrogens is 1010 g/mol. The number of ether oxygens (including phenoxy) is 4. The lowest BCUT2D eigenvalue weighted by atomic mass is 10.1. The van der Waals surface area contributed by atoms with Gasteiger partial charge in [-0.25, -0.2) is 29.9 Å². The molecule has 0 saturated heterocycles. The molecule has 2 aliphatic heterocycles. The number of hydrogen-bond donors (Lipinski definition) is 6. The Balaban J connectivity index is 1.22. The molecule has 11 aromatic rings. The van der Waals surface area contributed by atoms with Crippen LogP contribution < -0.4 is 18.9 Å². The molecule has 80 heavy (non-hydrogen) atoms. The second-order valence-corrected chi connectivity index (χ2v) is 19.7. The molecule has 0 amide bonds. The maximum absolute atomic E-state index is 10.6. The van der Waals surface area contributed by atoms with Gasteiger partial charge < -0.3 is 49.3 Å². The number of aliphatic hydroxyl groups is 4. The highest BCUT2D eigenvalue weighted by molar-refractivity contribution is 6.15. The highest BCUT2D eigenvalue weighted by Crippen LogP contribution is 2.58. The highest BCUT2D eigenvalue weighted by Gasteiger charge is 2.33. The Bertz CT molecular complexity index is 4090. The lowest BCUT2D eigenvalue weighted by molar-refractivity contribution is 0.199. The van der Waals surface area contributed by atoms with Crippen molar-refractivity contribution >= 4 is 44.1 Å². The van der Waals surface area contributed by atoms with Crippen molar-refractivity contribution in [3.63, 3.8) is 0 Å². The molecule has 0 saturated carbocycles. The molecule has 394 valence electrons. The summed E-state index contributed by atoms with van der Waals surface area (Å²) in [6, 6.07) is 51.4. The van der Waals surface area contributed by atoms with Crippen molar-refractivity contribution < 1.29 is 39.4 Å². The van der Waals surface area contributed by atoms with Gasteiger partial charge in [-0.15, -0.1) is 0 Å². The lowest BCUT2D eigenvalue weighted by Gasteiger charge is -2.22. The van der Waals surface area contributed by atoms with Crippen molar-refractivity contribution in [1.82, 2.24) is 39.9 Å².